The van der Waals surface area contributed by atoms with Crippen LogP contribution in [0.2, 0.25) is 0 Å². The van der Waals surface area contributed by atoms with Crippen LogP contribution in [0, 0.1) is 5.92 Å². The first-order valence-electron chi connectivity index (χ1n) is 5.67. The molecule has 0 aliphatic heterocycles. The van der Waals surface area contributed by atoms with Gasteiger partial charge in [0.15, 0.2) is 5.75 Å². The summed E-state index contributed by atoms with van der Waals surface area (Å²) < 4.78 is 5.10. The molecule has 0 radical (unpaired) electrons. The lowest BCUT2D eigenvalue weighted by Crippen LogP contribution is -2.25. The summed E-state index contributed by atoms with van der Waals surface area (Å²) in [5.41, 5.74) is -0.355. The molecule has 1 aliphatic rings. The number of hydrogen-bond donors (Lipinski definition) is 1. The van der Waals surface area contributed by atoms with E-state index in [0.717, 1.165) is 25.7 Å². The third kappa shape index (κ3) is 2.51. The fourth-order valence-electron chi connectivity index (χ4n) is 2.02. The molecule has 2 rings (SSSR count). The normalized spacial score (nSPS) is 17.0. The number of pyridine rings is 1. The zero-order valence-corrected chi connectivity index (χ0v) is 9.07. The molecule has 1 N–H and O–H groups in total. The van der Waals surface area contributed by atoms with Gasteiger partial charge in [0.2, 0.25) is 0 Å². The van der Waals surface area contributed by atoms with Crippen LogP contribution in [0.5, 0.6) is 5.75 Å². The molecule has 4 heteroatoms. The highest BCUT2D eigenvalue weighted by atomic mass is 16.5. The third-order valence-corrected chi connectivity index (χ3v) is 2.93. The van der Waals surface area contributed by atoms with E-state index in [1.807, 2.05) is 0 Å². The fourth-order valence-corrected chi connectivity index (χ4v) is 2.02. The highest BCUT2D eigenvalue weighted by Crippen LogP contribution is 2.24. The fraction of sp³-hybridized carbons (Fsp3) is 0.500. The van der Waals surface area contributed by atoms with Crippen LogP contribution >= 0.6 is 0 Å². The first-order chi connectivity index (χ1) is 7.77. The van der Waals surface area contributed by atoms with E-state index in [9.17, 15) is 9.59 Å². The van der Waals surface area contributed by atoms with Gasteiger partial charge in [-0.05, 0) is 25.0 Å². The van der Waals surface area contributed by atoms with E-state index in [2.05, 4.69) is 4.98 Å². The summed E-state index contributed by atoms with van der Waals surface area (Å²) in [5, 5.41) is 0. The highest BCUT2D eigenvalue weighted by Gasteiger charge is 2.23. The highest BCUT2D eigenvalue weighted by molar-refractivity contribution is 5.75. The van der Waals surface area contributed by atoms with Crippen LogP contribution in [0.3, 0.4) is 0 Å². The van der Waals surface area contributed by atoms with E-state index in [-0.39, 0.29) is 23.2 Å². The van der Waals surface area contributed by atoms with Gasteiger partial charge in [-0.15, -0.1) is 0 Å². The van der Waals surface area contributed by atoms with Crippen molar-refractivity contribution in [3.05, 3.63) is 28.7 Å². The first-order valence-corrected chi connectivity index (χ1v) is 5.67. The number of aromatic nitrogens is 1. The molecule has 0 aromatic carbocycles. The summed E-state index contributed by atoms with van der Waals surface area (Å²) in [7, 11) is 0. The van der Waals surface area contributed by atoms with E-state index in [0.29, 0.717) is 0 Å². The van der Waals surface area contributed by atoms with Crippen molar-refractivity contribution in [1.29, 1.82) is 0 Å². The maximum atomic E-state index is 11.7. The third-order valence-electron chi connectivity index (χ3n) is 2.93. The maximum absolute atomic E-state index is 11.7. The van der Waals surface area contributed by atoms with Crippen molar-refractivity contribution in [2.24, 2.45) is 5.92 Å². The number of carbonyl (C=O) groups excluding carboxylic acids is 1. The number of nitrogens with one attached hydrogen (secondary N) is 1. The topological polar surface area (TPSA) is 59.2 Å². The van der Waals surface area contributed by atoms with E-state index >= 15 is 0 Å². The molecule has 1 fully saturated rings. The van der Waals surface area contributed by atoms with Crippen LogP contribution in [-0.2, 0) is 4.79 Å². The van der Waals surface area contributed by atoms with Crippen LogP contribution in [0.1, 0.15) is 32.1 Å². The van der Waals surface area contributed by atoms with Crippen molar-refractivity contribution in [3.8, 4) is 5.75 Å². The SMILES string of the molecule is O=C(Oc1ccc[nH]c1=O)C1CCCCC1. The molecular formula is C12H15NO3. The van der Waals surface area contributed by atoms with Gasteiger partial charge in [0.1, 0.15) is 0 Å². The second-order valence-electron chi connectivity index (χ2n) is 4.12. The van der Waals surface area contributed by atoms with Crippen LogP contribution in [-0.4, -0.2) is 11.0 Å². The van der Waals surface area contributed by atoms with Crippen LogP contribution in [0.4, 0.5) is 0 Å². The second kappa shape index (κ2) is 4.96. The monoisotopic (exact) mass is 221 g/mol. The molecule has 0 unspecified atom stereocenters. The minimum absolute atomic E-state index is 0.0339. The van der Waals surface area contributed by atoms with Gasteiger partial charge in [-0.25, -0.2) is 0 Å². The molecule has 0 amide bonds. The molecule has 16 heavy (non-hydrogen) atoms. The van der Waals surface area contributed by atoms with Gasteiger partial charge in [-0.3, -0.25) is 9.59 Å². The summed E-state index contributed by atoms with van der Waals surface area (Å²) in [6, 6.07) is 3.16. The summed E-state index contributed by atoms with van der Waals surface area (Å²) in [5.74, 6) is -0.206. The Labute approximate surface area is 93.6 Å². The van der Waals surface area contributed by atoms with Gasteiger partial charge in [-0.1, -0.05) is 19.3 Å². The first kappa shape index (κ1) is 10.9. The zero-order chi connectivity index (χ0) is 11.4. The Morgan fingerprint density at radius 3 is 2.75 bits per heavy atom. The zero-order valence-electron chi connectivity index (χ0n) is 9.07. The lowest BCUT2D eigenvalue weighted by atomic mass is 9.89. The van der Waals surface area contributed by atoms with Crippen molar-refractivity contribution in [3.63, 3.8) is 0 Å². The Kier molecular flexibility index (Phi) is 3.39. The Bertz CT molecular complexity index is 418. The number of ether oxygens (including phenoxy) is 1. The molecule has 86 valence electrons. The van der Waals surface area contributed by atoms with Gasteiger partial charge in [0, 0.05) is 6.20 Å². The number of hydrogen-bond acceptors (Lipinski definition) is 3. The van der Waals surface area contributed by atoms with Gasteiger partial charge in [0.05, 0.1) is 5.92 Å². The van der Waals surface area contributed by atoms with Gasteiger partial charge in [-0.2, -0.15) is 0 Å². The molecule has 1 heterocycles. The standard InChI is InChI=1S/C12H15NO3/c14-11-10(7-4-8-13-11)16-12(15)9-5-2-1-3-6-9/h4,7-9H,1-3,5-6H2,(H,13,14). The summed E-state index contributed by atoms with van der Waals surface area (Å²) in [6.07, 6.45) is 6.61. The average molecular weight is 221 g/mol. The summed E-state index contributed by atoms with van der Waals surface area (Å²) in [4.78, 5) is 25.5. The number of rotatable bonds is 2. The lowest BCUT2D eigenvalue weighted by Gasteiger charge is -2.19. The average Bonchev–Trinajstić information content (AvgIpc) is 2.33. The van der Waals surface area contributed by atoms with Crippen molar-refractivity contribution in [2.45, 2.75) is 32.1 Å². The Balaban J connectivity index is 2.01. The molecule has 0 atom stereocenters. The maximum Gasteiger partial charge on any atom is 0.314 e. The van der Waals surface area contributed by atoms with Crippen LogP contribution in [0.15, 0.2) is 23.1 Å². The Morgan fingerprint density at radius 2 is 2.06 bits per heavy atom. The summed E-state index contributed by atoms with van der Waals surface area (Å²) in [6.45, 7) is 0. The number of aromatic amines is 1. The molecule has 0 spiro atoms. The van der Waals surface area contributed by atoms with Crippen molar-refractivity contribution in [2.75, 3.05) is 0 Å². The predicted octanol–water partition coefficient (Wildman–Crippen LogP) is 1.86. The molecule has 0 bridgehead atoms. The molecule has 1 aliphatic carbocycles. The van der Waals surface area contributed by atoms with Crippen molar-refractivity contribution in [1.82, 2.24) is 4.98 Å². The number of esters is 1. The lowest BCUT2D eigenvalue weighted by molar-refractivity contribution is -0.140. The molecule has 4 nitrogen and oxygen atoms in total. The minimum Gasteiger partial charge on any atom is -0.420 e. The van der Waals surface area contributed by atoms with Gasteiger partial charge >= 0.3 is 5.97 Å². The second-order valence-corrected chi connectivity index (χ2v) is 4.12. The van der Waals surface area contributed by atoms with Crippen LogP contribution < -0.4 is 10.3 Å². The Hall–Kier alpha value is -1.58. The van der Waals surface area contributed by atoms with Crippen molar-refractivity contribution >= 4 is 5.97 Å². The molecule has 0 saturated heterocycles. The van der Waals surface area contributed by atoms with Gasteiger partial charge < -0.3 is 9.72 Å². The number of H-pyrrole nitrogens is 1. The molecule has 1 aromatic rings. The van der Waals surface area contributed by atoms with Gasteiger partial charge in [0.25, 0.3) is 5.56 Å². The number of carbonyl (C=O) groups is 1. The summed E-state index contributed by atoms with van der Waals surface area (Å²) >= 11 is 0. The Morgan fingerprint density at radius 1 is 1.31 bits per heavy atom. The smallest absolute Gasteiger partial charge is 0.314 e. The van der Waals surface area contributed by atoms with E-state index in [1.165, 1.54) is 18.7 Å². The van der Waals surface area contributed by atoms with E-state index < -0.39 is 0 Å². The van der Waals surface area contributed by atoms with E-state index in [4.69, 9.17) is 4.74 Å². The molecule has 1 aromatic heterocycles. The van der Waals surface area contributed by atoms with Crippen LogP contribution in [0.25, 0.3) is 0 Å². The van der Waals surface area contributed by atoms with Crippen molar-refractivity contribution < 1.29 is 9.53 Å². The molecular weight excluding hydrogens is 206 g/mol. The van der Waals surface area contributed by atoms with E-state index in [1.54, 1.807) is 6.07 Å². The predicted molar refractivity (Wildman–Crippen MR) is 59.3 cm³/mol. The largest absolute Gasteiger partial charge is 0.420 e. The quantitative estimate of drug-likeness (QED) is 0.775. The minimum atomic E-state index is -0.355. The molecule has 1 saturated carbocycles.